The monoisotopic (exact) mass is 724 g/mol. The number of benzene rings is 4. The van der Waals surface area contributed by atoms with E-state index in [1.54, 1.807) is 30.3 Å². The molecule has 0 aromatic heterocycles. The summed E-state index contributed by atoms with van der Waals surface area (Å²) < 4.78 is 77.6. The summed E-state index contributed by atoms with van der Waals surface area (Å²) in [5.41, 5.74) is 4.65. The third-order valence-corrected chi connectivity index (χ3v) is 7.91. The number of rotatable bonds is 13. The van der Waals surface area contributed by atoms with Crippen LogP contribution in [-0.2, 0) is 30.3 Å². The normalized spacial score (nSPS) is 12.2. The van der Waals surface area contributed by atoms with Crippen molar-refractivity contribution >= 4 is 29.8 Å². The number of hydrogen-bond donors (Lipinski definition) is 4. The Kier molecular flexibility index (Phi) is 11.8. The number of nitrogens with one attached hydrogen (secondary N) is 4. The van der Waals surface area contributed by atoms with Gasteiger partial charge in [-0.15, -0.1) is 0 Å². The van der Waals surface area contributed by atoms with Crippen LogP contribution in [0.1, 0.15) is 22.6 Å². The molecule has 4 aromatic carbocycles. The van der Waals surface area contributed by atoms with Crippen LogP contribution in [0.4, 0.5) is 26.7 Å². The van der Waals surface area contributed by atoms with Gasteiger partial charge in [0, 0.05) is 12.3 Å². The molecule has 0 aliphatic heterocycles. The van der Waals surface area contributed by atoms with Crippen molar-refractivity contribution in [2.24, 2.45) is 0 Å². The van der Waals surface area contributed by atoms with Crippen LogP contribution in [0.2, 0.25) is 0 Å². The number of carbonyl (C=O) groups is 5. The van der Waals surface area contributed by atoms with Crippen molar-refractivity contribution in [1.29, 1.82) is 0 Å². The van der Waals surface area contributed by atoms with Gasteiger partial charge in [0.25, 0.3) is 0 Å². The molecule has 16 heteroatoms. The average Bonchev–Trinajstić information content (AvgIpc) is 3.48. The Morgan fingerprint density at radius 1 is 0.615 bits per heavy atom. The maximum atomic E-state index is 13.9. The van der Waals surface area contributed by atoms with Gasteiger partial charge in [-0.3, -0.25) is 14.4 Å². The lowest BCUT2D eigenvalue weighted by Crippen LogP contribution is -2.52. The fourth-order valence-corrected chi connectivity index (χ4v) is 5.45. The van der Waals surface area contributed by atoms with Gasteiger partial charge < -0.3 is 30.7 Å². The first kappa shape index (κ1) is 36.9. The van der Waals surface area contributed by atoms with Gasteiger partial charge in [-0.1, -0.05) is 78.9 Å². The molecule has 1 aliphatic carbocycles. The van der Waals surface area contributed by atoms with Gasteiger partial charge in [0.1, 0.15) is 25.7 Å². The molecule has 5 rings (SSSR count). The Balaban J connectivity index is 1.09. The predicted octanol–water partition coefficient (Wildman–Crippen LogP) is 3.79. The molecule has 0 fully saturated rings. The van der Waals surface area contributed by atoms with E-state index in [0.29, 0.717) is 5.56 Å². The van der Waals surface area contributed by atoms with Gasteiger partial charge in [-0.25, -0.2) is 22.8 Å². The van der Waals surface area contributed by atoms with Crippen molar-refractivity contribution in [3.63, 3.8) is 0 Å². The summed E-state index contributed by atoms with van der Waals surface area (Å²) >= 11 is 0. The Hall–Kier alpha value is -6.32. The van der Waals surface area contributed by atoms with Gasteiger partial charge in [0.05, 0.1) is 6.54 Å². The summed E-state index contributed by atoms with van der Waals surface area (Å²) in [7, 11) is 0. The molecule has 270 valence electrons. The molecule has 0 unspecified atom stereocenters. The maximum Gasteiger partial charge on any atom is 0.407 e. The fraction of sp³-hybridized carbons (Fsp3) is 0.194. The van der Waals surface area contributed by atoms with Crippen LogP contribution in [0.25, 0.3) is 11.1 Å². The third-order valence-electron chi connectivity index (χ3n) is 7.91. The standard InChI is InChI=1S/C36H29F5N4O7/c37-29-30(38)32(40)34(33(41)31(29)39)52-28(48)17-43-35(49)25(14-19-8-2-1-3-9-19)45-27(47)16-42-26(46)15-44-36(50)51-18-24-22-12-6-4-10-20(22)21-11-5-7-13-23(21)24/h1-13,24-25H,14-18H2,(H,42,46)(H,43,49)(H,44,50)(H,45,47)/t25-/m0/s1. The van der Waals surface area contributed by atoms with E-state index >= 15 is 0 Å². The van der Waals surface area contributed by atoms with Crippen LogP contribution in [0, 0.1) is 29.1 Å². The minimum absolute atomic E-state index is 0.0174. The smallest absolute Gasteiger partial charge is 0.407 e. The summed E-state index contributed by atoms with van der Waals surface area (Å²) in [4.78, 5) is 62.5. The number of ether oxygens (including phenoxy) is 2. The van der Waals surface area contributed by atoms with Gasteiger partial charge >= 0.3 is 12.1 Å². The molecule has 1 atom stereocenters. The highest BCUT2D eigenvalue weighted by molar-refractivity contribution is 5.92. The Labute approximate surface area is 292 Å². The summed E-state index contributed by atoms with van der Waals surface area (Å²) in [6.07, 6.45) is -0.984. The van der Waals surface area contributed by atoms with Crippen LogP contribution < -0.4 is 26.0 Å². The molecule has 0 bridgehead atoms. The highest BCUT2D eigenvalue weighted by Crippen LogP contribution is 2.44. The predicted molar refractivity (Wildman–Crippen MR) is 173 cm³/mol. The van der Waals surface area contributed by atoms with Crippen molar-refractivity contribution in [1.82, 2.24) is 21.3 Å². The molecule has 0 radical (unpaired) electrons. The lowest BCUT2D eigenvalue weighted by atomic mass is 9.98. The zero-order valence-electron chi connectivity index (χ0n) is 26.9. The van der Waals surface area contributed by atoms with Crippen LogP contribution in [0.15, 0.2) is 78.9 Å². The maximum absolute atomic E-state index is 13.9. The zero-order chi connectivity index (χ0) is 37.4. The van der Waals surface area contributed by atoms with E-state index in [9.17, 15) is 45.9 Å². The van der Waals surface area contributed by atoms with Crippen molar-refractivity contribution in [3.8, 4) is 16.9 Å². The van der Waals surface area contributed by atoms with E-state index < -0.39 is 90.3 Å². The molecular formula is C36H29F5N4O7. The fourth-order valence-electron chi connectivity index (χ4n) is 5.45. The lowest BCUT2D eigenvalue weighted by Gasteiger charge is -2.19. The summed E-state index contributed by atoms with van der Waals surface area (Å²) in [6.45, 7) is -2.24. The molecule has 4 amide bonds. The molecule has 0 heterocycles. The first-order valence-corrected chi connectivity index (χ1v) is 15.6. The van der Waals surface area contributed by atoms with E-state index in [0.717, 1.165) is 22.3 Å². The second-order valence-corrected chi connectivity index (χ2v) is 11.4. The molecule has 4 aromatic rings. The van der Waals surface area contributed by atoms with Crippen LogP contribution in [0.5, 0.6) is 5.75 Å². The topological polar surface area (TPSA) is 152 Å². The molecule has 4 N–H and O–H groups in total. The van der Waals surface area contributed by atoms with Gasteiger partial charge in [-0.2, -0.15) is 8.78 Å². The molecule has 52 heavy (non-hydrogen) atoms. The second-order valence-electron chi connectivity index (χ2n) is 11.4. The van der Waals surface area contributed by atoms with Crippen molar-refractivity contribution in [2.45, 2.75) is 18.4 Å². The Bertz CT molecular complexity index is 1940. The molecule has 1 aliphatic rings. The van der Waals surface area contributed by atoms with E-state index in [1.165, 1.54) is 0 Å². The van der Waals surface area contributed by atoms with Crippen molar-refractivity contribution in [3.05, 3.63) is 125 Å². The number of esters is 1. The Morgan fingerprint density at radius 2 is 1.15 bits per heavy atom. The van der Waals surface area contributed by atoms with Crippen LogP contribution in [-0.4, -0.2) is 62.1 Å². The third kappa shape index (κ3) is 8.69. The number of alkyl carbamates (subject to hydrolysis) is 1. The number of carbonyl (C=O) groups excluding carboxylic acids is 5. The van der Waals surface area contributed by atoms with Crippen LogP contribution >= 0.6 is 0 Å². The second kappa shape index (κ2) is 16.6. The largest absolute Gasteiger partial charge is 0.449 e. The van der Waals surface area contributed by atoms with Crippen molar-refractivity contribution in [2.75, 3.05) is 26.2 Å². The average molecular weight is 725 g/mol. The summed E-state index contributed by atoms with van der Waals surface area (Å²) in [5.74, 6) is -18.1. The number of amides is 4. The van der Waals surface area contributed by atoms with Gasteiger partial charge in [0.15, 0.2) is 0 Å². The number of halogens is 5. The highest BCUT2D eigenvalue weighted by atomic mass is 19.2. The Morgan fingerprint density at radius 3 is 1.77 bits per heavy atom. The first-order valence-electron chi connectivity index (χ1n) is 15.6. The van der Waals surface area contributed by atoms with Crippen LogP contribution in [0.3, 0.4) is 0 Å². The number of hydrogen-bond acceptors (Lipinski definition) is 7. The minimum atomic E-state index is -2.45. The minimum Gasteiger partial charge on any atom is -0.449 e. The van der Waals surface area contributed by atoms with Gasteiger partial charge in [-0.05, 0) is 27.8 Å². The van der Waals surface area contributed by atoms with E-state index in [1.807, 2.05) is 48.5 Å². The summed E-state index contributed by atoms with van der Waals surface area (Å²) in [5, 5.41) is 9.04. The van der Waals surface area contributed by atoms with Crippen molar-refractivity contribution < 1.29 is 55.4 Å². The van der Waals surface area contributed by atoms with E-state index in [4.69, 9.17) is 4.74 Å². The lowest BCUT2D eigenvalue weighted by molar-refractivity contribution is -0.136. The molecule has 11 nitrogen and oxygen atoms in total. The van der Waals surface area contributed by atoms with E-state index in [-0.39, 0.29) is 18.9 Å². The molecule has 0 saturated carbocycles. The van der Waals surface area contributed by atoms with E-state index in [2.05, 4.69) is 26.0 Å². The highest BCUT2D eigenvalue weighted by Gasteiger charge is 2.30. The van der Waals surface area contributed by atoms with Gasteiger partial charge in [0.2, 0.25) is 52.6 Å². The summed E-state index contributed by atoms with van der Waals surface area (Å²) in [6, 6.07) is 22.4. The quantitative estimate of drug-likeness (QED) is 0.0539. The molecule has 0 saturated heterocycles. The number of fused-ring (bicyclic) bond motifs is 3. The first-order chi connectivity index (χ1) is 24.9. The zero-order valence-corrected chi connectivity index (χ0v) is 26.9. The SMILES string of the molecule is O=C(CNC(=O)OCC1c2ccccc2-c2ccccc21)NCC(=O)N[C@@H](Cc1ccccc1)C(=O)NCC(=O)Oc1c(F)c(F)c(F)c(F)c1F. The molecular weight excluding hydrogens is 695 g/mol. The molecule has 0 spiro atoms.